The third-order valence-electron chi connectivity index (χ3n) is 4.00. The standard InChI is InChI=1S/C20H23N5O2/c1-26-17-6-5-15(12-18(17)27-2)7-10-22-19-8-11-23-20(25-19)24-14-16-4-3-9-21-13-16/h3-6,8-9,11-13H,7,10,14H2,1-2H3,(H2,22,23,24,25). The number of anilines is 2. The Morgan fingerprint density at radius 2 is 1.81 bits per heavy atom. The largest absolute Gasteiger partial charge is 0.493 e. The molecule has 0 saturated heterocycles. The van der Waals surface area contributed by atoms with Crippen LogP contribution in [-0.2, 0) is 13.0 Å². The van der Waals surface area contributed by atoms with Gasteiger partial charge < -0.3 is 20.1 Å². The van der Waals surface area contributed by atoms with Crippen LogP contribution in [0.4, 0.5) is 11.8 Å². The van der Waals surface area contributed by atoms with Crippen molar-refractivity contribution in [3.8, 4) is 11.5 Å². The predicted molar refractivity (Wildman–Crippen MR) is 105 cm³/mol. The lowest BCUT2D eigenvalue weighted by Gasteiger charge is -2.11. The van der Waals surface area contributed by atoms with Crippen LogP contribution in [0, 0.1) is 0 Å². The van der Waals surface area contributed by atoms with Gasteiger partial charge in [0.25, 0.3) is 0 Å². The SMILES string of the molecule is COc1ccc(CCNc2ccnc(NCc3cccnc3)n2)cc1OC. The van der Waals surface area contributed by atoms with E-state index in [9.17, 15) is 0 Å². The van der Waals surface area contributed by atoms with Crippen molar-refractivity contribution >= 4 is 11.8 Å². The Hall–Kier alpha value is -3.35. The normalized spacial score (nSPS) is 10.3. The predicted octanol–water partition coefficient (Wildman–Crippen LogP) is 3.16. The van der Waals surface area contributed by atoms with Crippen LogP contribution in [0.1, 0.15) is 11.1 Å². The van der Waals surface area contributed by atoms with Gasteiger partial charge in [0.2, 0.25) is 5.95 Å². The molecule has 0 aliphatic carbocycles. The Labute approximate surface area is 158 Å². The third-order valence-corrected chi connectivity index (χ3v) is 4.00. The molecule has 0 saturated carbocycles. The number of nitrogens with zero attached hydrogens (tertiary/aromatic N) is 3. The van der Waals surface area contributed by atoms with Gasteiger partial charge in [-0.2, -0.15) is 4.98 Å². The average molecular weight is 365 g/mol. The lowest BCUT2D eigenvalue weighted by atomic mass is 10.1. The molecule has 0 amide bonds. The summed E-state index contributed by atoms with van der Waals surface area (Å²) in [5.41, 5.74) is 2.23. The first kappa shape index (κ1) is 18.4. The molecule has 7 nitrogen and oxygen atoms in total. The summed E-state index contributed by atoms with van der Waals surface area (Å²) >= 11 is 0. The maximum atomic E-state index is 5.34. The van der Waals surface area contributed by atoms with E-state index in [1.54, 1.807) is 26.6 Å². The number of rotatable bonds is 9. The van der Waals surface area contributed by atoms with Crippen molar-refractivity contribution in [2.75, 3.05) is 31.4 Å². The molecule has 3 aromatic rings. The highest BCUT2D eigenvalue weighted by Gasteiger charge is 2.05. The van der Waals surface area contributed by atoms with Gasteiger partial charge in [0.05, 0.1) is 14.2 Å². The van der Waals surface area contributed by atoms with Crippen LogP contribution in [0.2, 0.25) is 0 Å². The Kier molecular flexibility index (Phi) is 6.40. The summed E-state index contributed by atoms with van der Waals surface area (Å²) in [6.45, 7) is 1.37. The molecule has 2 N–H and O–H groups in total. The van der Waals surface area contributed by atoms with Gasteiger partial charge >= 0.3 is 0 Å². The van der Waals surface area contributed by atoms with Crippen LogP contribution in [0.25, 0.3) is 0 Å². The van der Waals surface area contributed by atoms with E-state index >= 15 is 0 Å². The molecule has 7 heteroatoms. The van der Waals surface area contributed by atoms with Crippen molar-refractivity contribution < 1.29 is 9.47 Å². The molecular formula is C20H23N5O2. The van der Waals surface area contributed by atoms with Crippen molar-refractivity contribution in [1.29, 1.82) is 0 Å². The highest BCUT2D eigenvalue weighted by Crippen LogP contribution is 2.27. The second kappa shape index (κ2) is 9.38. The van der Waals surface area contributed by atoms with Gasteiger partial charge in [0.1, 0.15) is 5.82 Å². The maximum absolute atomic E-state index is 5.34. The molecule has 0 fully saturated rings. The zero-order valence-corrected chi connectivity index (χ0v) is 15.5. The minimum atomic E-state index is 0.579. The van der Waals surface area contributed by atoms with Crippen LogP contribution < -0.4 is 20.1 Å². The minimum Gasteiger partial charge on any atom is -0.493 e. The quantitative estimate of drug-likeness (QED) is 0.603. The third kappa shape index (κ3) is 5.31. The number of methoxy groups -OCH3 is 2. The van der Waals surface area contributed by atoms with Gasteiger partial charge in [-0.15, -0.1) is 0 Å². The summed E-state index contributed by atoms with van der Waals surface area (Å²) in [5, 5.41) is 6.53. The molecule has 0 atom stereocenters. The Bertz CT molecular complexity index is 858. The molecule has 0 aliphatic rings. The number of aromatic nitrogens is 3. The van der Waals surface area contributed by atoms with Gasteiger partial charge in [-0.1, -0.05) is 12.1 Å². The lowest BCUT2D eigenvalue weighted by Crippen LogP contribution is -2.09. The molecule has 27 heavy (non-hydrogen) atoms. The van der Waals surface area contributed by atoms with Crippen molar-refractivity contribution in [3.63, 3.8) is 0 Å². The maximum Gasteiger partial charge on any atom is 0.224 e. The lowest BCUT2D eigenvalue weighted by molar-refractivity contribution is 0.354. The van der Waals surface area contributed by atoms with Crippen LogP contribution >= 0.6 is 0 Å². The van der Waals surface area contributed by atoms with Gasteiger partial charge in [-0.05, 0) is 41.8 Å². The second-order valence-corrected chi connectivity index (χ2v) is 5.85. The van der Waals surface area contributed by atoms with Gasteiger partial charge in [-0.3, -0.25) is 4.98 Å². The summed E-state index contributed by atoms with van der Waals surface area (Å²) in [4.78, 5) is 12.8. The minimum absolute atomic E-state index is 0.579. The molecular weight excluding hydrogens is 342 g/mol. The molecule has 3 rings (SSSR count). The van der Waals surface area contributed by atoms with Crippen molar-refractivity contribution in [3.05, 3.63) is 66.1 Å². The summed E-state index contributed by atoms with van der Waals surface area (Å²) in [6, 6.07) is 11.7. The topological polar surface area (TPSA) is 81.2 Å². The van der Waals surface area contributed by atoms with E-state index in [0.29, 0.717) is 12.5 Å². The fourth-order valence-corrected chi connectivity index (χ4v) is 2.60. The van der Waals surface area contributed by atoms with E-state index < -0.39 is 0 Å². The number of nitrogens with one attached hydrogen (secondary N) is 2. The van der Waals surface area contributed by atoms with Crippen LogP contribution in [0.3, 0.4) is 0 Å². The summed E-state index contributed by atoms with van der Waals surface area (Å²) in [7, 11) is 3.27. The van der Waals surface area contributed by atoms with E-state index in [-0.39, 0.29) is 0 Å². The van der Waals surface area contributed by atoms with Gasteiger partial charge in [0, 0.05) is 31.7 Å². The Morgan fingerprint density at radius 3 is 2.59 bits per heavy atom. The number of ether oxygens (including phenoxy) is 2. The number of benzene rings is 1. The van der Waals surface area contributed by atoms with E-state index in [0.717, 1.165) is 41.4 Å². The van der Waals surface area contributed by atoms with Crippen molar-refractivity contribution in [1.82, 2.24) is 15.0 Å². The first-order valence-corrected chi connectivity index (χ1v) is 8.69. The van der Waals surface area contributed by atoms with Crippen LogP contribution in [0.5, 0.6) is 11.5 Å². The monoisotopic (exact) mass is 365 g/mol. The summed E-state index contributed by atoms with van der Waals surface area (Å²) in [5.74, 6) is 2.82. The molecule has 0 unspecified atom stereocenters. The van der Waals surface area contributed by atoms with Crippen molar-refractivity contribution in [2.24, 2.45) is 0 Å². The van der Waals surface area contributed by atoms with Gasteiger partial charge in [0.15, 0.2) is 11.5 Å². The number of hydrogen-bond acceptors (Lipinski definition) is 7. The fourth-order valence-electron chi connectivity index (χ4n) is 2.60. The first-order valence-electron chi connectivity index (χ1n) is 8.69. The highest BCUT2D eigenvalue weighted by atomic mass is 16.5. The smallest absolute Gasteiger partial charge is 0.224 e. The number of hydrogen-bond donors (Lipinski definition) is 2. The van der Waals surface area contributed by atoms with Crippen LogP contribution in [0.15, 0.2) is 55.0 Å². The summed E-state index contributed by atoms with van der Waals surface area (Å²) < 4.78 is 10.6. The van der Waals surface area contributed by atoms with E-state index in [2.05, 4.69) is 25.6 Å². The molecule has 2 heterocycles. The number of pyridine rings is 1. The highest BCUT2D eigenvalue weighted by molar-refractivity contribution is 5.44. The molecule has 0 spiro atoms. The van der Waals surface area contributed by atoms with E-state index in [1.807, 2.05) is 42.6 Å². The molecule has 0 aliphatic heterocycles. The summed E-state index contributed by atoms with van der Waals surface area (Å²) in [6.07, 6.45) is 6.14. The molecule has 1 aromatic carbocycles. The second-order valence-electron chi connectivity index (χ2n) is 5.85. The van der Waals surface area contributed by atoms with E-state index in [1.165, 1.54) is 0 Å². The molecule has 2 aromatic heterocycles. The van der Waals surface area contributed by atoms with E-state index in [4.69, 9.17) is 9.47 Å². The first-order chi connectivity index (χ1) is 13.3. The van der Waals surface area contributed by atoms with Crippen molar-refractivity contribution in [2.45, 2.75) is 13.0 Å². The molecule has 140 valence electrons. The zero-order chi connectivity index (χ0) is 18.9. The van der Waals surface area contributed by atoms with Gasteiger partial charge in [-0.25, -0.2) is 4.98 Å². The van der Waals surface area contributed by atoms with Crippen LogP contribution in [-0.4, -0.2) is 35.7 Å². The molecule has 0 bridgehead atoms. The average Bonchev–Trinajstić information content (AvgIpc) is 2.73. The zero-order valence-electron chi connectivity index (χ0n) is 15.5. The Balaban J connectivity index is 1.52. The fraction of sp³-hybridized carbons (Fsp3) is 0.250. The Morgan fingerprint density at radius 1 is 0.926 bits per heavy atom. The molecule has 0 radical (unpaired) electrons.